The number of ether oxygens (including phenoxy) is 1. The average Bonchev–Trinajstić information content (AvgIpc) is 2.74. The number of esters is 1. The third kappa shape index (κ3) is 4.90. The fourth-order valence-corrected chi connectivity index (χ4v) is 2.50. The highest BCUT2D eigenvalue weighted by Gasteiger charge is 2.20. The zero-order valence-corrected chi connectivity index (χ0v) is 11.3. The minimum atomic E-state index is -0.205. The minimum Gasteiger partial charge on any atom is -0.466 e. The molecule has 0 bridgehead atoms. The van der Waals surface area contributed by atoms with Gasteiger partial charge in [-0.05, 0) is 37.6 Å². The first-order valence-electron chi connectivity index (χ1n) is 6.65. The number of rotatable bonds is 6. The molecule has 1 saturated carbocycles. The van der Waals surface area contributed by atoms with E-state index in [1.54, 1.807) is 0 Å². The molecule has 0 heterocycles. The summed E-state index contributed by atoms with van der Waals surface area (Å²) in [6.07, 6.45) is 6.73. The van der Waals surface area contributed by atoms with Crippen LogP contribution in [0.25, 0.3) is 0 Å². The summed E-state index contributed by atoms with van der Waals surface area (Å²) in [5, 5.41) is 3.41. The lowest BCUT2D eigenvalue weighted by molar-refractivity contribution is -0.136. The number of carbonyl (C=O) groups is 1. The van der Waals surface area contributed by atoms with Crippen LogP contribution in [0, 0.1) is 11.8 Å². The van der Waals surface area contributed by atoms with E-state index >= 15 is 0 Å². The maximum atomic E-state index is 11.3. The Balaban J connectivity index is 2.21. The molecule has 2 atom stereocenters. The lowest BCUT2D eigenvalue weighted by atomic mass is 10.1. The van der Waals surface area contributed by atoms with Crippen molar-refractivity contribution in [1.29, 1.82) is 0 Å². The molecule has 1 rings (SSSR count). The summed E-state index contributed by atoms with van der Waals surface area (Å²) < 4.78 is 4.71. The summed E-state index contributed by atoms with van der Waals surface area (Å²) in [5.74, 6) is 1.50. The molecule has 0 aromatic heterocycles. The van der Waals surface area contributed by atoms with Crippen LogP contribution in [-0.2, 0) is 9.53 Å². The van der Waals surface area contributed by atoms with Gasteiger partial charge in [0.2, 0.25) is 0 Å². The Labute approximate surface area is 105 Å². The van der Waals surface area contributed by atoms with Gasteiger partial charge in [0.05, 0.1) is 7.11 Å². The van der Waals surface area contributed by atoms with Gasteiger partial charge in [-0.15, -0.1) is 0 Å². The van der Waals surface area contributed by atoms with Crippen molar-refractivity contribution in [3.63, 3.8) is 0 Å². The first-order valence-corrected chi connectivity index (χ1v) is 6.65. The maximum absolute atomic E-state index is 11.3. The van der Waals surface area contributed by atoms with Crippen molar-refractivity contribution < 1.29 is 9.53 Å². The summed E-state index contributed by atoms with van der Waals surface area (Å²) >= 11 is 0. The van der Waals surface area contributed by atoms with Crippen molar-refractivity contribution in [2.45, 2.75) is 39.5 Å². The van der Waals surface area contributed by atoms with E-state index in [9.17, 15) is 4.79 Å². The van der Waals surface area contributed by atoms with Crippen molar-refractivity contribution in [3.05, 3.63) is 11.6 Å². The summed E-state index contributed by atoms with van der Waals surface area (Å²) in [4.78, 5) is 11.3. The predicted octanol–water partition coefficient (Wildman–Crippen LogP) is 2.52. The van der Waals surface area contributed by atoms with Crippen LogP contribution in [0.3, 0.4) is 0 Å². The summed E-state index contributed by atoms with van der Waals surface area (Å²) in [5.41, 5.74) is 0.764. The molecule has 0 saturated heterocycles. The van der Waals surface area contributed by atoms with Crippen molar-refractivity contribution in [2.75, 3.05) is 20.2 Å². The van der Waals surface area contributed by atoms with Gasteiger partial charge in [0, 0.05) is 12.1 Å². The molecular formula is C14H25NO2. The van der Waals surface area contributed by atoms with Gasteiger partial charge in [0.1, 0.15) is 0 Å². The van der Waals surface area contributed by atoms with Crippen LogP contribution in [-0.4, -0.2) is 26.2 Å². The fourth-order valence-electron chi connectivity index (χ4n) is 2.50. The van der Waals surface area contributed by atoms with Gasteiger partial charge in [0.25, 0.3) is 0 Å². The molecule has 1 aliphatic rings. The van der Waals surface area contributed by atoms with Gasteiger partial charge < -0.3 is 10.1 Å². The molecule has 0 aromatic carbocycles. The second-order valence-corrected chi connectivity index (χ2v) is 5.02. The van der Waals surface area contributed by atoms with Crippen LogP contribution in [0.5, 0.6) is 0 Å². The van der Waals surface area contributed by atoms with E-state index in [2.05, 4.69) is 12.2 Å². The molecule has 17 heavy (non-hydrogen) atoms. The predicted molar refractivity (Wildman–Crippen MR) is 69.8 cm³/mol. The maximum Gasteiger partial charge on any atom is 0.333 e. The highest BCUT2D eigenvalue weighted by molar-refractivity contribution is 5.88. The molecule has 1 fully saturated rings. The Morgan fingerprint density at radius 1 is 1.47 bits per heavy atom. The first kappa shape index (κ1) is 14.2. The number of carbonyl (C=O) groups excluding carboxylic acids is 1. The second-order valence-electron chi connectivity index (χ2n) is 5.02. The number of methoxy groups -OCH3 is 1. The van der Waals surface area contributed by atoms with E-state index in [1.165, 1.54) is 26.4 Å². The molecule has 2 unspecified atom stereocenters. The van der Waals surface area contributed by atoms with Gasteiger partial charge in [0.15, 0.2) is 0 Å². The van der Waals surface area contributed by atoms with E-state index in [0.717, 1.165) is 36.9 Å². The fraction of sp³-hybridized carbons (Fsp3) is 0.786. The van der Waals surface area contributed by atoms with Gasteiger partial charge in [-0.25, -0.2) is 4.79 Å². The Morgan fingerprint density at radius 2 is 2.24 bits per heavy atom. The second kappa shape index (κ2) is 7.49. The monoisotopic (exact) mass is 239 g/mol. The molecule has 98 valence electrons. The zero-order chi connectivity index (χ0) is 12.7. The standard InChI is InChI=1S/C14H25NO2/c1-4-13(14(16)17-3)7-8-15-10-12-6-5-11(2)9-12/h7,11-12,15H,4-6,8-10H2,1-3H3. The third-order valence-electron chi connectivity index (χ3n) is 3.56. The van der Waals surface area contributed by atoms with Gasteiger partial charge >= 0.3 is 5.97 Å². The van der Waals surface area contributed by atoms with E-state index < -0.39 is 0 Å². The lowest BCUT2D eigenvalue weighted by Crippen LogP contribution is -2.22. The van der Waals surface area contributed by atoms with Crippen LogP contribution in [0.1, 0.15) is 39.5 Å². The topological polar surface area (TPSA) is 38.3 Å². The molecule has 0 radical (unpaired) electrons. The molecular weight excluding hydrogens is 214 g/mol. The van der Waals surface area contributed by atoms with Gasteiger partial charge in [-0.3, -0.25) is 0 Å². The Kier molecular flexibility index (Phi) is 6.27. The van der Waals surface area contributed by atoms with E-state index in [-0.39, 0.29) is 5.97 Å². The van der Waals surface area contributed by atoms with Crippen LogP contribution in [0.4, 0.5) is 0 Å². The average molecular weight is 239 g/mol. The number of hydrogen-bond donors (Lipinski definition) is 1. The molecule has 0 aliphatic heterocycles. The molecule has 1 aliphatic carbocycles. The highest BCUT2D eigenvalue weighted by Crippen LogP contribution is 2.29. The molecule has 0 spiro atoms. The van der Waals surface area contributed by atoms with E-state index in [4.69, 9.17) is 4.74 Å². The van der Waals surface area contributed by atoms with E-state index in [1.807, 2.05) is 13.0 Å². The van der Waals surface area contributed by atoms with Gasteiger partial charge in [-0.2, -0.15) is 0 Å². The lowest BCUT2D eigenvalue weighted by Gasteiger charge is -2.10. The number of hydrogen-bond acceptors (Lipinski definition) is 3. The third-order valence-corrected chi connectivity index (χ3v) is 3.56. The molecule has 1 N–H and O–H groups in total. The molecule has 3 heteroatoms. The molecule has 3 nitrogen and oxygen atoms in total. The summed E-state index contributed by atoms with van der Waals surface area (Å²) in [6, 6.07) is 0. The van der Waals surface area contributed by atoms with Crippen LogP contribution in [0.2, 0.25) is 0 Å². The summed E-state index contributed by atoms with van der Waals surface area (Å²) in [6.45, 7) is 6.13. The van der Waals surface area contributed by atoms with Crippen LogP contribution < -0.4 is 5.32 Å². The van der Waals surface area contributed by atoms with Crippen molar-refractivity contribution in [3.8, 4) is 0 Å². The van der Waals surface area contributed by atoms with Crippen molar-refractivity contribution in [1.82, 2.24) is 5.32 Å². The molecule has 0 amide bonds. The van der Waals surface area contributed by atoms with Crippen molar-refractivity contribution >= 4 is 5.97 Å². The van der Waals surface area contributed by atoms with Gasteiger partial charge in [-0.1, -0.05) is 26.3 Å². The minimum absolute atomic E-state index is 0.205. The normalized spacial score (nSPS) is 25.0. The SMILES string of the molecule is CCC(=CCNCC1CCC(C)C1)C(=O)OC. The largest absolute Gasteiger partial charge is 0.466 e. The Morgan fingerprint density at radius 3 is 2.76 bits per heavy atom. The quantitative estimate of drug-likeness (QED) is 0.440. The highest BCUT2D eigenvalue weighted by atomic mass is 16.5. The smallest absolute Gasteiger partial charge is 0.333 e. The number of nitrogens with one attached hydrogen (secondary N) is 1. The Hall–Kier alpha value is -0.830. The van der Waals surface area contributed by atoms with Crippen LogP contribution in [0.15, 0.2) is 11.6 Å². The first-order chi connectivity index (χ1) is 8.17. The van der Waals surface area contributed by atoms with Crippen LogP contribution >= 0.6 is 0 Å². The summed E-state index contributed by atoms with van der Waals surface area (Å²) in [7, 11) is 1.43. The van der Waals surface area contributed by atoms with E-state index in [0.29, 0.717) is 0 Å². The van der Waals surface area contributed by atoms with Crippen molar-refractivity contribution in [2.24, 2.45) is 11.8 Å². The zero-order valence-electron chi connectivity index (χ0n) is 11.3. The Bertz CT molecular complexity index is 273. The molecule has 0 aromatic rings.